The third-order valence-electron chi connectivity index (χ3n) is 3.61. The lowest BCUT2D eigenvalue weighted by Gasteiger charge is -2.37. The highest BCUT2D eigenvalue weighted by Gasteiger charge is 2.37. The Kier molecular flexibility index (Phi) is 4.95. The van der Waals surface area contributed by atoms with E-state index in [1.54, 1.807) is 6.92 Å². The molecule has 0 aromatic heterocycles. The predicted octanol–water partition coefficient (Wildman–Crippen LogP) is 0.379. The van der Waals surface area contributed by atoms with Gasteiger partial charge in [0.25, 0.3) is 0 Å². The minimum atomic E-state index is -3.25. The summed E-state index contributed by atoms with van der Waals surface area (Å²) >= 11 is 0. The van der Waals surface area contributed by atoms with Crippen LogP contribution in [0.5, 0.6) is 0 Å². The van der Waals surface area contributed by atoms with Crippen molar-refractivity contribution in [2.24, 2.45) is 11.8 Å². The van der Waals surface area contributed by atoms with Crippen LogP contribution in [0.4, 0.5) is 0 Å². The second kappa shape index (κ2) is 5.90. The maximum absolute atomic E-state index is 12.3. The minimum Gasteiger partial charge on any atom is -0.481 e. The summed E-state index contributed by atoms with van der Waals surface area (Å²) in [5.74, 6) is -1.68. The van der Waals surface area contributed by atoms with E-state index in [1.807, 2.05) is 13.8 Å². The highest BCUT2D eigenvalue weighted by atomic mass is 32.2. The molecular weight excluding hydrogens is 270 g/mol. The van der Waals surface area contributed by atoms with Crippen molar-refractivity contribution in [1.29, 1.82) is 0 Å². The van der Waals surface area contributed by atoms with Crippen LogP contribution < -0.4 is 0 Å². The Labute approximate surface area is 113 Å². The summed E-state index contributed by atoms with van der Waals surface area (Å²) in [6.07, 6.45) is -0.324. The number of sulfone groups is 1. The van der Waals surface area contributed by atoms with Crippen molar-refractivity contribution in [2.75, 3.05) is 18.1 Å². The first-order valence-corrected chi connectivity index (χ1v) is 8.19. The number of aliphatic carboxylic acids is 1. The smallest absolute Gasteiger partial charge is 0.305 e. The highest BCUT2D eigenvalue weighted by molar-refractivity contribution is 7.91. The maximum Gasteiger partial charge on any atom is 0.305 e. The second-order valence-corrected chi connectivity index (χ2v) is 7.66. The van der Waals surface area contributed by atoms with Crippen LogP contribution >= 0.6 is 0 Å². The summed E-state index contributed by atoms with van der Waals surface area (Å²) in [5, 5.41) is 8.85. The molecule has 1 N–H and O–H groups in total. The first-order chi connectivity index (χ1) is 8.64. The van der Waals surface area contributed by atoms with Gasteiger partial charge in [-0.15, -0.1) is 0 Å². The van der Waals surface area contributed by atoms with Gasteiger partial charge in [0.15, 0.2) is 9.84 Å². The fourth-order valence-electron chi connectivity index (χ4n) is 2.09. The Morgan fingerprint density at radius 2 is 1.89 bits per heavy atom. The zero-order valence-electron chi connectivity index (χ0n) is 11.5. The molecule has 0 saturated carbocycles. The van der Waals surface area contributed by atoms with Crippen LogP contribution in [0.3, 0.4) is 0 Å². The number of carboxylic acids is 1. The summed E-state index contributed by atoms with van der Waals surface area (Å²) in [5.41, 5.74) is 0. The van der Waals surface area contributed by atoms with Gasteiger partial charge in [0.05, 0.1) is 24.0 Å². The minimum absolute atomic E-state index is 0.0837. The van der Waals surface area contributed by atoms with E-state index in [0.717, 1.165) is 0 Å². The molecule has 1 aliphatic heterocycles. The fourth-order valence-corrected chi connectivity index (χ4v) is 3.62. The summed E-state index contributed by atoms with van der Waals surface area (Å²) in [6, 6.07) is -0.745. The third kappa shape index (κ3) is 4.19. The lowest BCUT2D eigenvalue weighted by molar-refractivity contribution is -0.142. The molecule has 0 radical (unpaired) electrons. The van der Waals surface area contributed by atoms with Crippen molar-refractivity contribution >= 4 is 21.7 Å². The Morgan fingerprint density at radius 3 is 2.37 bits per heavy atom. The van der Waals surface area contributed by atoms with E-state index in [2.05, 4.69) is 0 Å². The molecule has 1 fully saturated rings. The molecule has 1 rings (SSSR count). The molecule has 2 atom stereocenters. The number of hydrogen-bond donors (Lipinski definition) is 1. The van der Waals surface area contributed by atoms with Gasteiger partial charge in [-0.25, -0.2) is 8.42 Å². The summed E-state index contributed by atoms with van der Waals surface area (Å²) < 4.78 is 23.2. The molecule has 1 amide bonds. The Bertz CT molecular complexity index is 457. The fraction of sp³-hybridized carbons (Fsp3) is 0.833. The first-order valence-electron chi connectivity index (χ1n) is 6.36. The van der Waals surface area contributed by atoms with Crippen LogP contribution in [0, 0.1) is 11.8 Å². The van der Waals surface area contributed by atoms with Gasteiger partial charge in [-0.3, -0.25) is 9.59 Å². The number of hydrogen-bond acceptors (Lipinski definition) is 4. The molecular formula is C12H21NO5S. The van der Waals surface area contributed by atoms with Gasteiger partial charge in [0, 0.05) is 12.5 Å². The molecule has 110 valence electrons. The molecule has 2 unspecified atom stereocenters. The normalized spacial score (nSPS) is 24.2. The van der Waals surface area contributed by atoms with Crippen molar-refractivity contribution < 1.29 is 23.1 Å². The number of carbonyl (C=O) groups excluding carboxylic acids is 1. The maximum atomic E-state index is 12.3. The Hall–Kier alpha value is -1.11. The summed E-state index contributed by atoms with van der Waals surface area (Å²) in [4.78, 5) is 24.5. The summed E-state index contributed by atoms with van der Waals surface area (Å²) in [7, 11) is -3.25. The molecule has 0 spiro atoms. The molecule has 19 heavy (non-hydrogen) atoms. The van der Waals surface area contributed by atoms with Gasteiger partial charge >= 0.3 is 5.97 Å². The average molecular weight is 291 g/mol. The van der Waals surface area contributed by atoms with E-state index in [4.69, 9.17) is 5.11 Å². The molecule has 0 bridgehead atoms. The average Bonchev–Trinajstić information content (AvgIpc) is 2.25. The van der Waals surface area contributed by atoms with Crippen LogP contribution in [0.25, 0.3) is 0 Å². The number of carboxylic acid groups (broad SMARTS) is 1. The zero-order valence-corrected chi connectivity index (χ0v) is 12.3. The van der Waals surface area contributed by atoms with Crippen molar-refractivity contribution in [3.8, 4) is 0 Å². The van der Waals surface area contributed by atoms with Gasteiger partial charge in [-0.1, -0.05) is 20.8 Å². The standard InChI is InChI=1S/C12H21NO5S/c1-8(2)9(3)12(16)13-4-5-19(17,18)7-10(13)6-11(14)15/h8-10H,4-7H2,1-3H3,(H,14,15). The van der Waals surface area contributed by atoms with Gasteiger partial charge in [0.2, 0.25) is 5.91 Å². The SMILES string of the molecule is CC(C)C(C)C(=O)N1CCS(=O)(=O)CC1CC(=O)O. The molecule has 1 heterocycles. The van der Waals surface area contributed by atoms with Crippen molar-refractivity contribution in [3.05, 3.63) is 0 Å². The van der Waals surface area contributed by atoms with Crippen molar-refractivity contribution in [2.45, 2.75) is 33.2 Å². The molecule has 1 aliphatic rings. The van der Waals surface area contributed by atoms with Gasteiger partial charge < -0.3 is 10.0 Å². The number of rotatable bonds is 4. The van der Waals surface area contributed by atoms with Crippen LogP contribution in [0.2, 0.25) is 0 Å². The topological polar surface area (TPSA) is 91.8 Å². The quantitative estimate of drug-likeness (QED) is 0.808. The highest BCUT2D eigenvalue weighted by Crippen LogP contribution is 2.21. The lowest BCUT2D eigenvalue weighted by atomic mass is 9.95. The number of carbonyl (C=O) groups is 2. The molecule has 0 aromatic rings. The number of amides is 1. The van der Waals surface area contributed by atoms with E-state index in [9.17, 15) is 18.0 Å². The predicted molar refractivity (Wildman–Crippen MR) is 70.4 cm³/mol. The van der Waals surface area contributed by atoms with Crippen molar-refractivity contribution in [1.82, 2.24) is 4.90 Å². The van der Waals surface area contributed by atoms with Gasteiger partial charge in [-0.2, -0.15) is 0 Å². The molecule has 6 nitrogen and oxygen atoms in total. The van der Waals surface area contributed by atoms with Gasteiger partial charge in [-0.05, 0) is 5.92 Å². The van der Waals surface area contributed by atoms with Crippen molar-refractivity contribution in [3.63, 3.8) is 0 Å². The molecule has 0 aliphatic carbocycles. The Balaban J connectivity index is 2.90. The zero-order chi connectivity index (χ0) is 14.8. The van der Waals surface area contributed by atoms with E-state index in [0.29, 0.717) is 0 Å². The van der Waals surface area contributed by atoms with Crippen LogP contribution in [0.15, 0.2) is 0 Å². The number of nitrogens with zero attached hydrogens (tertiary/aromatic N) is 1. The first kappa shape index (κ1) is 15.9. The third-order valence-corrected chi connectivity index (χ3v) is 5.31. The van der Waals surface area contributed by atoms with Gasteiger partial charge in [0.1, 0.15) is 0 Å². The van der Waals surface area contributed by atoms with Crippen LogP contribution in [0.1, 0.15) is 27.2 Å². The van der Waals surface area contributed by atoms with E-state index < -0.39 is 21.8 Å². The van der Waals surface area contributed by atoms with Crippen LogP contribution in [-0.2, 0) is 19.4 Å². The van der Waals surface area contributed by atoms with Crippen LogP contribution in [-0.4, -0.2) is 54.4 Å². The second-order valence-electron chi connectivity index (χ2n) is 5.43. The largest absolute Gasteiger partial charge is 0.481 e. The molecule has 1 saturated heterocycles. The van der Waals surface area contributed by atoms with E-state index in [1.165, 1.54) is 4.90 Å². The monoisotopic (exact) mass is 291 g/mol. The summed E-state index contributed by atoms with van der Waals surface area (Å²) in [6.45, 7) is 5.70. The van der Waals surface area contributed by atoms with E-state index >= 15 is 0 Å². The Morgan fingerprint density at radius 1 is 1.32 bits per heavy atom. The lowest BCUT2D eigenvalue weighted by Crippen LogP contribution is -2.53. The molecule has 7 heteroatoms. The molecule has 0 aromatic carbocycles. The van der Waals surface area contributed by atoms with E-state index in [-0.39, 0.29) is 42.2 Å².